The van der Waals surface area contributed by atoms with E-state index in [1.54, 1.807) is 0 Å². The second-order valence-electron chi connectivity index (χ2n) is 5.24. The highest BCUT2D eigenvalue weighted by molar-refractivity contribution is 5.75. The number of hydrogen-bond donors (Lipinski definition) is 2. The maximum absolute atomic E-state index is 14.2. The van der Waals surface area contributed by atoms with E-state index in [-0.39, 0.29) is 27.9 Å². The third-order valence-corrected chi connectivity index (χ3v) is 3.72. The van der Waals surface area contributed by atoms with Crippen LogP contribution in [-0.2, 0) is 6.54 Å². The lowest BCUT2D eigenvalue weighted by Crippen LogP contribution is -2.43. The summed E-state index contributed by atoms with van der Waals surface area (Å²) >= 11 is 0. The van der Waals surface area contributed by atoms with Gasteiger partial charge in [0.25, 0.3) is 5.56 Å². The minimum absolute atomic E-state index is 0.121. The first-order valence-electron chi connectivity index (χ1n) is 6.87. The predicted molar refractivity (Wildman–Crippen MR) is 75.2 cm³/mol. The van der Waals surface area contributed by atoms with Gasteiger partial charge in [0, 0.05) is 38.3 Å². The summed E-state index contributed by atoms with van der Waals surface area (Å²) in [4.78, 5) is 20.0. The summed E-state index contributed by atoms with van der Waals surface area (Å²) in [6.07, 6.45) is 0. The smallest absolute Gasteiger partial charge is 0.269 e. The van der Waals surface area contributed by atoms with Gasteiger partial charge in [0.2, 0.25) is 0 Å². The van der Waals surface area contributed by atoms with E-state index in [4.69, 9.17) is 0 Å². The average molecular weight is 294 g/mol. The van der Waals surface area contributed by atoms with Crippen molar-refractivity contribution in [3.05, 3.63) is 39.3 Å². The number of aryl methyl sites for hydroxylation is 1. The molecule has 7 heteroatoms. The van der Waals surface area contributed by atoms with Crippen LogP contribution in [0.25, 0.3) is 11.0 Å². The third kappa shape index (κ3) is 2.66. The molecule has 1 aliphatic rings. The molecule has 0 spiro atoms. The topological polar surface area (TPSA) is 61.0 Å². The van der Waals surface area contributed by atoms with Crippen LogP contribution in [0.2, 0.25) is 0 Å². The van der Waals surface area contributed by atoms with Gasteiger partial charge in [-0.3, -0.25) is 9.69 Å². The Morgan fingerprint density at radius 2 is 2.00 bits per heavy atom. The lowest BCUT2D eigenvalue weighted by molar-refractivity contribution is 0.229. The molecule has 0 amide bonds. The summed E-state index contributed by atoms with van der Waals surface area (Å²) in [5.41, 5.74) is 0.0729. The molecular weight excluding hydrogens is 278 g/mol. The Balaban J connectivity index is 2.04. The number of rotatable bonds is 2. The zero-order chi connectivity index (χ0) is 15.0. The molecule has 2 aromatic rings. The number of aromatic amines is 1. The molecule has 1 aromatic heterocycles. The first kappa shape index (κ1) is 14.1. The number of piperazine rings is 1. The normalized spacial score (nSPS) is 16.5. The van der Waals surface area contributed by atoms with E-state index in [2.05, 4.69) is 15.3 Å². The largest absolute Gasteiger partial charge is 0.319 e. The quantitative estimate of drug-likeness (QED) is 0.864. The molecule has 2 heterocycles. The summed E-state index contributed by atoms with van der Waals surface area (Å²) in [5, 5.41) is 3.20. The van der Waals surface area contributed by atoms with Crippen LogP contribution in [0.1, 0.15) is 11.3 Å². The Morgan fingerprint density at radius 1 is 1.29 bits per heavy atom. The summed E-state index contributed by atoms with van der Waals surface area (Å²) in [7, 11) is 0. The summed E-state index contributed by atoms with van der Waals surface area (Å²) < 4.78 is 28.3. The molecule has 0 saturated carbocycles. The number of nitrogens with zero attached hydrogens (tertiary/aromatic N) is 2. The van der Waals surface area contributed by atoms with Gasteiger partial charge in [-0.1, -0.05) is 0 Å². The molecule has 0 aliphatic carbocycles. The van der Waals surface area contributed by atoms with E-state index in [1.807, 2.05) is 4.90 Å². The van der Waals surface area contributed by atoms with Crippen molar-refractivity contribution in [3.8, 4) is 0 Å². The lowest BCUT2D eigenvalue weighted by atomic mass is 10.1. The van der Waals surface area contributed by atoms with Gasteiger partial charge in [0.1, 0.15) is 11.2 Å². The molecule has 0 unspecified atom stereocenters. The van der Waals surface area contributed by atoms with Gasteiger partial charge in [0.05, 0.1) is 5.52 Å². The maximum Gasteiger partial charge on any atom is 0.269 e. The van der Waals surface area contributed by atoms with Crippen molar-refractivity contribution in [2.24, 2.45) is 0 Å². The Labute approximate surface area is 120 Å². The van der Waals surface area contributed by atoms with Gasteiger partial charge in [-0.2, -0.15) is 0 Å². The highest BCUT2D eigenvalue weighted by Gasteiger charge is 2.19. The first-order valence-corrected chi connectivity index (χ1v) is 6.87. The Morgan fingerprint density at radius 3 is 2.71 bits per heavy atom. The van der Waals surface area contributed by atoms with E-state index in [0.29, 0.717) is 6.54 Å². The highest BCUT2D eigenvalue weighted by atomic mass is 19.2. The highest BCUT2D eigenvalue weighted by Crippen LogP contribution is 2.21. The van der Waals surface area contributed by atoms with E-state index >= 15 is 0 Å². The summed E-state index contributed by atoms with van der Waals surface area (Å²) in [6, 6.07) is 1.48. The molecule has 2 N–H and O–H groups in total. The minimum atomic E-state index is -1.00. The van der Waals surface area contributed by atoms with Gasteiger partial charge >= 0.3 is 0 Å². The number of benzene rings is 1. The number of fused-ring (bicyclic) bond motifs is 1. The SMILES string of the molecule is Cc1nc2c(F)c(F)c(CN3CCNCC3)cc2[nH]c1=O. The van der Waals surface area contributed by atoms with Crippen molar-refractivity contribution in [2.75, 3.05) is 26.2 Å². The molecule has 1 fully saturated rings. The van der Waals surface area contributed by atoms with E-state index < -0.39 is 11.6 Å². The van der Waals surface area contributed by atoms with E-state index in [1.165, 1.54) is 13.0 Å². The molecule has 112 valence electrons. The van der Waals surface area contributed by atoms with Crippen molar-refractivity contribution in [1.82, 2.24) is 20.2 Å². The number of halogens is 2. The van der Waals surface area contributed by atoms with E-state index in [9.17, 15) is 13.6 Å². The number of H-pyrrole nitrogens is 1. The van der Waals surface area contributed by atoms with Crippen LogP contribution >= 0.6 is 0 Å². The van der Waals surface area contributed by atoms with Crippen molar-refractivity contribution in [1.29, 1.82) is 0 Å². The maximum atomic E-state index is 14.2. The van der Waals surface area contributed by atoms with Crippen LogP contribution in [0, 0.1) is 18.6 Å². The second-order valence-corrected chi connectivity index (χ2v) is 5.24. The zero-order valence-electron chi connectivity index (χ0n) is 11.7. The number of hydrogen-bond acceptors (Lipinski definition) is 4. The van der Waals surface area contributed by atoms with Gasteiger partial charge < -0.3 is 10.3 Å². The third-order valence-electron chi connectivity index (χ3n) is 3.72. The molecule has 21 heavy (non-hydrogen) atoms. The molecule has 1 aliphatic heterocycles. The molecule has 3 rings (SSSR count). The average Bonchev–Trinajstić information content (AvgIpc) is 2.48. The molecular formula is C14H16F2N4O. The fourth-order valence-corrected chi connectivity index (χ4v) is 2.53. The van der Waals surface area contributed by atoms with Crippen LogP contribution < -0.4 is 10.9 Å². The standard InChI is InChI=1S/C14H16F2N4O/c1-8-14(21)19-10-6-9(7-20-4-2-17-3-5-20)11(15)12(16)13(10)18-8/h6,17H,2-5,7H2,1H3,(H,19,21). The van der Waals surface area contributed by atoms with Crippen LogP contribution in [0.15, 0.2) is 10.9 Å². The summed E-state index contributed by atoms with van der Waals surface area (Å²) in [6.45, 7) is 4.99. The molecule has 5 nitrogen and oxygen atoms in total. The molecule has 0 atom stereocenters. The van der Waals surface area contributed by atoms with Crippen LogP contribution in [-0.4, -0.2) is 41.0 Å². The monoisotopic (exact) mass is 294 g/mol. The summed E-state index contributed by atoms with van der Waals surface area (Å²) in [5.74, 6) is -1.89. The molecule has 1 aromatic carbocycles. The van der Waals surface area contributed by atoms with Crippen LogP contribution in [0.4, 0.5) is 8.78 Å². The van der Waals surface area contributed by atoms with Crippen LogP contribution in [0.3, 0.4) is 0 Å². The van der Waals surface area contributed by atoms with Gasteiger partial charge in [-0.05, 0) is 13.0 Å². The van der Waals surface area contributed by atoms with E-state index in [0.717, 1.165) is 26.2 Å². The minimum Gasteiger partial charge on any atom is -0.319 e. The van der Waals surface area contributed by atoms with Crippen LogP contribution in [0.5, 0.6) is 0 Å². The Bertz CT molecular complexity index is 738. The predicted octanol–water partition coefficient (Wildman–Crippen LogP) is 0.915. The fraction of sp³-hybridized carbons (Fsp3) is 0.429. The van der Waals surface area contributed by atoms with Crippen molar-refractivity contribution < 1.29 is 8.78 Å². The van der Waals surface area contributed by atoms with Gasteiger partial charge in [-0.15, -0.1) is 0 Å². The number of aromatic nitrogens is 2. The number of nitrogens with one attached hydrogen (secondary N) is 2. The first-order chi connectivity index (χ1) is 10.1. The van der Waals surface area contributed by atoms with Crippen molar-refractivity contribution in [2.45, 2.75) is 13.5 Å². The molecule has 0 bridgehead atoms. The molecule has 0 radical (unpaired) electrons. The fourth-order valence-electron chi connectivity index (χ4n) is 2.53. The second kappa shape index (κ2) is 5.50. The Kier molecular flexibility index (Phi) is 3.69. The van der Waals surface area contributed by atoms with Gasteiger partial charge in [0.15, 0.2) is 11.6 Å². The lowest BCUT2D eigenvalue weighted by Gasteiger charge is -2.27. The molecule has 1 saturated heterocycles. The zero-order valence-corrected chi connectivity index (χ0v) is 11.7. The Hall–Kier alpha value is -1.86. The van der Waals surface area contributed by atoms with Crippen molar-refractivity contribution in [3.63, 3.8) is 0 Å². The van der Waals surface area contributed by atoms with Gasteiger partial charge in [-0.25, -0.2) is 13.8 Å². The van der Waals surface area contributed by atoms with Crippen molar-refractivity contribution >= 4 is 11.0 Å².